The summed E-state index contributed by atoms with van der Waals surface area (Å²) in [6.07, 6.45) is 4.70. The quantitative estimate of drug-likeness (QED) is 0.728. The zero-order chi connectivity index (χ0) is 9.14. The Morgan fingerprint density at radius 2 is 2.25 bits per heavy atom. The van der Waals surface area contributed by atoms with Crippen molar-refractivity contribution in [2.75, 3.05) is 0 Å². The van der Waals surface area contributed by atoms with Gasteiger partial charge >= 0.3 is 0 Å². The molecule has 2 N–H and O–H groups in total. The van der Waals surface area contributed by atoms with Crippen LogP contribution in [-0.4, -0.2) is 15.6 Å². The molecule has 0 saturated heterocycles. The maximum Gasteiger partial charge on any atom is 0.0946 e. The largest absolute Gasteiger partial charge is 0.340 e. The van der Waals surface area contributed by atoms with E-state index in [-0.39, 0.29) is 6.04 Å². The zero-order valence-electron chi connectivity index (χ0n) is 7.99. The Labute approximate surface area is 73.6 Å². The van der Waals surface area contributed by atoms with Gasteiger partial charge in [-0.05, 0) is 5.92 Å². The molecule has 1 rings (SSSR count). The Kier molecular flexibility index (Phi) is 2.87. The molecular weight excluding hydrogens is 150 g/mol. The van der Waals surface area contributed by atoms with Gasteiger partial charge in [0.15, 0.2) is 0 Å². The van der Waals surface area contributed by atoms with Crippen LogP contribution in [-0.2, 0) is 13.5 Å². The van der Waals surface area contributed by atoms with Gasteiger partial charge in [0.1, 0.15) is 0 Å². The Bertz CT molecular complexity index is 240. The molecule has 1 aromatic rings. The molecule has 0 aliphatic carbocycles. The number of hydrogen-bond donors (Lipinski definition) is 1. The summed E-state index contributed by atoms with van der Waals surface area (Å²) < 4.78 is 1.95. The number of aryl methyl sites for hydroxylation is 1. The fourth-order valence-corrected chi connectivity index (χ4v) is 1.05. The van der Waals surface area contributed by atoms with Crippen molar-refractivity contribution in [2.45, 2.75) is 26.3 Å². The first-order chi connectivity index (χ1) is 5.59. The molecule has 1 atom stereocenters. The summed E-state index contributed by atoms with van der Waals surface area (Å²) in [7, 11) is 1.97. The summed E-state index contributed by atoms with van der Waals surface area (Å²) in [5.41, 5.74) is 6.99. The van der Waals surface area contributed by atoms with Gasteiger partial charge in [-0.1, -0.05) is 13.8 Å². The predicted molar refractivity (Wildman–Crippen MR) is 49.7 cm³/mol. The fourth-order valence-electron chi connectivity index (χ4n) is 1.05. The topological polar surface area (TPSA) is 43.8 Å². The van der Waals surface area contributed by atoms with E-state index < -0.39 is 0 Å². The highest BCUT2D eigenvalue weighted by atomic mass is 15.0. The molecule has 0 saturated carbocycles. The average Bonchev–Trinajstić information content (AvgIpc) is 2.35. The van der Waals surface area contributed by atoms with E-state index in [0.29, 0.717) is 5.92 Å². The fraction of sp³-hybridized carbons (Fsp3) is 0.667. The number of nitrogens with two attached hydrogens (primary N) is 1. The van der Waals surface area contributed by atoms with Crippen molar-refractivity contribution in [1.29, 1.82) is 0 Å². The Morgan fingerprint density at radius 3 is 2.67 bits per heavy atom. The first kappa shape index (κ1) is 9.26. The molecular formula is C9H17N3. The lowest BCUT2D eigenvalue weighted by Crippen LogP contribution is -2.28. The molecule has 12 heavy (non-hydrogen) atoms. The maximum absolute atomic E-state index is 5.91. The summed E-state index contributed by atoms with van der Waals surface area (Å²) >= 11 is 0. The summed E-state index contributed by atoms with van der Waals surface area (Å²) in [5, 5.41) is 0. The van der Waals surface area contributed by atoms with E-state index >= 15 is 0 Å². The van der Waals surface area contributed by atoms with Crippen LogP contribution in [0.25, 0.3) is 0 Å². The maximum atomic E-state index is 5.91. The number of imidazole rings is 1. The lowest BCUT2D eigenvalue weighted by Gasteiger charge is -2.13. The van der Waals surface area contributed by atoms with Crippen LogP contribution in [0.2, 0.25) is 0 Å². The monoisotopic (exact) mass is 167 g/mol. The van der Waals surface area contributed by atoms with Crippen LogP contribution in [0.1, 0.15) is 19.5 Å². The van der Waals surface area contributed by atoms with Crippen molar-refractivity contribution < 1.29 is 0 Å². The molecule has 1 heterocycles. The van der Waals surface area contributed by atoms with Gasteiger partial charge in [-0.2, -0.15) is 0 Å². The molecule has 0 amide bonds. The van der Waals surface area contributed by atoms with E-state index in [2.05, 4.69) is 18.8 Å². The van der Waals surface area contributed by atoms with E-state index in [1.807, 2.05) is 24.1 Å². The van der Waals surface area contributed by atoms with Crippen molar-refractivity contribution in [1.82, 2.24) is 9.55 Å². The molecule has 0 bridgehead atoms. The molecule has 3 nitrogen and oxygen atoms in total. The molecule has 3 heteroatoms. The van der Waals surface area contributed by atoms with Crippen LogP contribution in [0.15, 0.2) is 12.5 Å². The van der Waals surface area contributed by atoms with Crippen molar-refractivity contribution in [2.24, 2.45) is 18.7 Å². The van der Waals surface area contributed by atoms with Crippen molar-refractivity contribution in [3.05, 3.63) is 18.2 Å². The van der Waals surface area contributed by atoms with E-state index in [4.69, 9.17) is 5.73 Å². The third-order valence-electron chi connectivity index (χ3n) is 2.06. The second-order valence-electron chi connectivity index (χ2n) is 3.64. The SMILES string of the molecule is CC(C)[C@@H](N)Cc1cn(C)cn1. The summed E-state index contributed by atoms with van der Waals surface area (Å²) in [6, 6.07) is 0.222. The minimum atomic E-state index is 0.222. The normalized spacial score (nSPS) is 13.8. The Balaban J connectivity index is 2.52. The van der Waals surface area contributed by atoms with E-state index in [1.54, 1.807) is 0 Å². The lowest BCUT2D eigenvalue weighted by atomic mass is 10.0. The van der Waals surface area contributed by atoms with Gasteiger partial charge in [-0.25, -0.2) is 4.98 Å². The summed E-state index contributed by atoms with van der Waals surface area (Å²) in [4.78, 5) is 4.22. The Hall–Kier alpha value is -0.830. The van der Waals surface area contributed by atoms with Crippen LogP contribution < -0.4 is 5.73 Å². The third-order valence-corrected chi connectivity index (χ3v) is 2.06. The molecule has 0 radical (unpaired) electrons. The standard InChI is InChI=1S/C9H17N3/c1-7(2)9(10)4-8-5-12(3)6-11-8/h5-7,9H,4,10H2,1-3H3/t9-/m0/s1. The first-order valence-corrected chi connectivity index (χ1v) is 4.32. The second-order valence-corrected chi connectivity index (χ2v) is 3.64. The number of aromatic nitrogens is 2. The molecule has 68 valence electrons. The van der Waals surface area contributed by atoms with Gasteiger partial charge in [0.05, 0.1) is 12.0 Å². The number of nitrogens with zero attached hydrogens (tertiary/aromatic N) is 2. The lowest BCUT2D eigenvalue weighted by molar-refractivity contribution is 0.487. The minimum Gasteiger partial charge on any atom is -0.340 e. The van der Waals surface area contributed by atoms with Gasteiger partial charge in [-0.3, -0.25) is 0 Å². The summed E-state index contributed by atoms with van der Waals surface area (Å²) in [5.74, 6) is 0.520. The van der Waals surface area contributed by atoms with Crippen molar-refractivity contribution in [3.63, 3.8) is 0 Å². The highest BCUT2D eigenvalue weighted by Gasteiger charge is 2.09. The highest BCUT2D eigenvalue weighted by Crippen LogP contribution is 2.05. The average molecular weight is 167 g/mol. The van der Waals surface area contributed by atoms with Gasteiger partial charge in [-0.15, -0.1) is 0 Å². The molecule has 0 aliphatic rings. The predicted octanol–water partition coefficient (Wildman–Crippen LogP) is 0.946. The van der Waals surface area contributed by atoms with E-state index in [9.17, 15) is 0 Å². The smallest absolute Gasteiger partial charge is 0.0946 e. The van der Waals surface area contributed by atoms with Gasteiger partial charge in [0.25, 0.3) is 0 Å². The van der Waals surface area contributed by atoms with Crippen LogP contribution in [0.4, 0.5) is 0 Å². The van der Waals surface area contributed by atoms with Crippen molar-refractivity contribution in [3.8, 4) is 0 Å². The van der Waals surface area contributed by atoms with Crippen LogP contribution in [0.3, 0.4) is 0 Å². The highest BCUT2D eigenvalue weighted by molar-refractivity contribution is 4.99. The van der Waals surface area contributed by atoms with Gasteiger partial charge in [0, 0.05) is 25.7 Å². The number of rotatable bonds is 3. The Morgan fingerprint density at radius 1 is 1.58 bits per heavy atom. The minimum absolute atomic E-state index is 0.222. The van der Waals surface area contributed by atoms with Crippen LogP contribution in [0.5, 0.6) is 0 Å². The molecule has 1 aromatic heterocycles. The van der Waals surface area contributed by atoms with E-state index in [1.165, 1.54) is 0 Å². The van der Waals surface area contributed by atoms with Gasteiger partial charge in [0.2, 0.25) is 0 Å². The first-order valence-electron chi connectivity index (χ1n) is 4.32. The molecule has 0 fully saturated rings. The zero-order valence-corrected chi connectivity index (χ0v) is 7.99. The molecule has 0 aliphatic heterocycles. The van der Waals surface area contributed by atoms with E-state index in [0.717, 1.165) is 12.1 Å². The second kappa shape index (κ2) is 3.72. The van der Waals surface area contributed by atoms with Crippen LogP contribution >= 0.6 is 0 Å². The van der Waals surface area contributed by atoms with Crippen molar-refractivity contribution >= 4 is 0 Å². The van der Waals surface area contributed by atoms with Crippen LogP contribution in [0, 0.1) is 5.92 Å². The summed E-state index contributed by atoms with van der Waals surface area (Å²) in [6.45, 7) is 4.27. The molecule has 0 spiro atoms. The molecule has 0 aromatic carbocycles. The third kappa shape index (κ3) is 2.34. The molecule has 0 unspecified atom stereocenters. The van der Waals surface area contributed by atoms with Gasteiger partial charge < -0.3 is 10.3 Å². The number of hydrogen-bond acceptors (Lipinski definition) is 2.